The smallest absolute Gasteiger partial charge is 0.230 e. The van der Waals surface area contributed by atoms with E-state index in [1.54, 1.807) is 16.8 Å². The Balaban J connectivity index is 1.63. The van der Waals surface area contributed by atoms with Crippen molar-refractivity contribution in [2.45, 2.75) is 32.0 Å². The molecule has 6 nitrogen and oxygen atoms in total. The summed E-state index contributed by atoms with van der Waals surface area (Å²) in [6.45, 7) is 5.88. The van der Waals surface area contributed by atoms with Gasteiger partial charge >= 0.3 is 0 Å². The Labute approximate surface area is 161 Å². The second-order valence-corrected chi connectivity index (χ2v) is 7.24. The molecule has 27 heavy (non-hydrogen) atoms. The van der Waals surface area contributed by atoms with E-state index in [0.29, 0.717) is 5.16 Å². The van der Waals surface area contributed by atoms with E-state index in [2.05, 4.69) is 26.9 Å². The quantitative estimate of drug-likeness (QED) is 0.659. The maximum atomic E-state index is 13.0. The SMILES string of the molecule is Cc1ccc(-n2nnnc2SCC(=O)N[C@H](C)c2ccc(F)cc2)c(C)c1. The minimum Gasteiger partial charge on any atom is -0.349 e. The fourth-order valence-corrected chi connectivity index (χ4v) is 3.41. The van der Waals surface area contributed by atoms with Crippen molar-refractivity contribution in [2.24, 2.45) is 0 Å². The summed E-state index contributed by atoms with van der Waals surface area (Å²) in [6.07, 6.45) is 0. The lowest BCUT2D eigenvalue weighted by Gasteiger charge is -2.14. The predicted octanol–water partition coefficient (Wildman–Crippen LogP) is 3.39. The van der Waals surface area contributed by atoms with Gasteiger partial charge in [0.05, 0.1) is 17.5 Å². The van der Waals surface area contributed by atoms with Crippen molar-refractivity contribution in [2.75, 3.05) is 5.75 Å². The van der Waals surface area contributed by atoms with Gasteiger partial charge in [-0.25, -0.2) is 4.39 Å². The molecule has 0 saturated heterocycles. The lowest BCUT2D eigenvalue weighted by atomic mass is 10.1. The topological polar surface area (TPSA) is 72.7 Å². The van der Waals surface area contributed by atoms with Crippen LogP contribution in [-0.2, 0) is 4.79 Å². The summed E-state index contributed by atoms with van der Waals surface area (Å²) in [4.78, 5) is 12.3. The Kier molecular flexibility index (Phi) is 5.85. The molecule has 0 aliphatic carbocycles. The average molecular weight is 385 g/mol. The summed E-state index contributed by atoms with van der Waals surface area (Å²) in [5.41, 5.74) is 3.94. The fraction of sp³-hybridized carbons (Fsp3) is 0.263. The monoisotopic (exact) mass is 385 g/mol. The fourth-order valence-electron chi connectivity index (χ4n) is 2.71. The van der Waals surface area contributed by atoms with Gasteiger partial charge in [-0.05, 0) is 60.5 Å². The van der Waals surface area contributed by atoms with Gasteiger partial charge in [0.1, 0.15) is 5.82 Å². The van der Waals surface area contributed by atoms with Gasteiger partial charge in [0.25, 0.3) is 0 Å². The molecule has 3 aromatic rings. The number of nitrogens with zero attached hydrogens (tertiary/aromatic N) is 4. The third kappa shape index (κ3) is 4.71. The number of halogens is 1. The van der Waals surface area contributed by atoms with Gasteiger partial charge in [0.2, 0.25) is 11.1 Å². The number of aromatic nitrogens is 4. The molecule has 1 aromatic heterocycles. The number of carbonyl (C=O) groups excluding carboxylic acids is 1. The van der Waals surface area contributed by atoms with E-state index in [1.807, 2.05) is 32.9 Å². The molecule has 0 aliphatic heterocycles. The normalized spacial score (nSPS) is 12.0. The Hall–Kier alpha value is -2.74. The van der Waals surface area contributed by atoms with Crippen molar-refractivity contribution >= 4 is 17.7 Å². The van der Waals surface area contributed by atoms with E-state index in [4.69, 9.17) is 0 Å². The standard InChI is InChI=1S/C19H20FN5OS/c1-12-4-9-17(13(2)10-12)25-19(22-23-24-25)27-11-18(26)21-14(3)15-5-7-16(20)8-6-15/h4-10,14H,11H2,1-3H3,(H,21,26)/t14-/m1/s1. The first-order valence-electron chi connectivity index (χ1n) is 8.47. The highest BCUT2D eigenvalue weighted by atomic mass is 32.2. The number of benzene rings is 2. The summed E-state index contributed by atoms with van der Waals surface area (Å²) in [7, 11) is 0. The Morgan fingerprint density at radius 3 is 2.67 bits per heavy atom. The minimum atomic E-state index is -0.300. The largest absolute Gasteiger partial charge is 0.349 e. The van der Waals surface area contributed by atoms with Gasteiger partial charge in [-0.3, -0.25) is 4.79 Å². The molecule has 1 N–H and O–H groups in total. The van der Waals surface area contributed by atoms with E-state index in [9.17, 15) is 9.18 Å². The first kappa shape index (κ1) is 19.0. The highest BCUT2D eigenvalue weighted by Crippen LogP contribution is 2.21. The van der Waals surface area contributed by atoms with Crippen LogP contribution in [0.15, 0.2) is 47.6 Å². The van der Waals surface area contributed by atoms with Crippen LogP contribution in [0.5, 0.6) is 0 Å². The van der Waals surface area contributed by atoms with E-state index >= 15 is 0 Å². The molecule has 0 fully saturated rings. The predicted molar refractivity (Wildman–Crippen MR) is 102 cm³/mol. The molecule has 2 aromatic carbocycles. The van der Waals surface area contributed by atoms with Crippen molar-refractivity contribution in [3.8, 4) is 5.69 Å². The molecule has 1 atom stereocenters. The maximum Gasteiger partial charge on any atom is 0.230 e. The molecular weight excluding hydrogens is 365 g/mol. The number of nitrogens with one attached hydrogen (secondary N) is 1. The molecule has 8 heteroatoms. The number of carbonyl (C=O) groups is 1. The van der Waals surface area contributed by atoms with Crippen LogP contribution in [0.25, 0.3) is 5.69 Å². The van der Waals surface area contributed by atoms with Crippen LogP contribution in [0.3, 0.4) is 0 Å². The zero-order valence-corrected chi connectivity index (χ0v) is 16.1. The van der Waals surface area contributed by atoms with Crippen molar-refractivity contribution in [1.29, 1.82) is 0 Å². The Bertz CT molecular complexity index is 942. The molecule has 0 unspecified atom stereocenters. The van der Waals surface area contributed by atoms with E-state index in [0.717, 1.165) is 22.4 Å². The lowest BCUT2D eigenvalue weighted by Crippen LogP contribution is -2.28. The number of hydrogen-bond acceptors (Lipinski definition) is 5. The molecule has 3 rings (SSSR count). The van der Waals surface area contributed by atoms with Crippen LogP contribution < -0.4 is 5.32 Å². The molecule has 1 amide bonds. The first-order valence-corrected chi connectivity index (χ1v) is 9.46. The molecular formula is C19H20FN5OS. The van der Waals surface area contributed by atoms with Gasteiger partial charge in [-0.2, -0.15) is 4.68 Å². The van der Waals surface area contributed by atoms with Crippen molar-refractivity contribution < 1.29 is 9.18 Å². The molecule has 1 heterocycles. The summed E-state index contributed by atoms with van der Waals surface area (Å²) < 4.78 is 14.6. The van der Waals surface area contributed by atoms with Crippen molar-refractivity contribution in [3.05, 3.63) is 65.0 Å². The minimum absolute atomic E-state index is 0.146. The van der Waals surface area contributed by atoms with Gasteiger partial charge in [-0.1, -0.05) is 41.6 Å². The van der Waals surface area contributed by atoms with Crippen LogP contribution in [0.4, 0.5) is 4.39 Å². The van der Waals surface area contributed by atoms with Gasteiger partial charge in [0.15, 0.2) is 0 Å². The molecule has 0 bridgehead atoms. The van der Waals surface area contributed by atoms with E-state index in [1.165, 1.54) is 23.9 Å². The summed E-state index contributed by atoms with van der Waals surface area (Å²) in [6, 6.07) is 11.9. The highest BCUT2D eigenvalue weighted by Gasteiger charge is 2.15. The zero-order valence-electron chi connectivity index (χ0n) is 15.3. The molecule has 0 aliphatic rings. The average Bonchev–Trinajstić information content (AvgIpc) is 3.09. The van der Waals surface area contributed by atoms with E-state index in [-0.39, 0.29) is 23.5 Å². The van der Waals surface area contributed by atoms with Crippen LogP contribution in [0, 0.1) is 19.7 Å². The molecule has 0 spiro atoms. The van der Waals surface area contributed by atoms with Crippen molar-refractivity contribution in [3.63, 3.8) is 0 Å². The molecule has 0 radical (unpaired) electrons. The van der Waals surface area contributed by atoms with Gasteiger partial charge < -0.3 is 5.32 Å². The summed E-state index contributed by atoms with van der Waals surface area (Å²) >= 11 is 1.26. The second-order valence-electron chi connectivity index (χ2n) is 6.29. The molecule has 140 valence electrons. The van der Waals surface area contributed by atoms with Crippen LogP contribution >= 0.6 is 11.8 Å². The third-order valence-corrected chi connectivity index (χ3v) is 5.02. The van der Waals surface area contributed by atoms with Crippen LogP contribution in [0.2, 0.25) is 0 Å². The van der Waals surface area contributed by atoms with Crippen LogP contribution in [0.1, 0.15) is 29.7 Å². The van der Waals surface area contributed by atoms with Gasteiger partial charge in [0, 0.05) is 0 Å². The first-order chi connectivity index (χ1) is 12.9. The molecule has 0 saturated carbocycles. The Morgan fingerprint density at radius 2 is 1.96 bits per heavy atom. The second kappa shape index (κ2) is 8.30. The number of rotatable bonds is 6. The number of amides is 1. The summed E-state index contributed by atoms with van der Waals surface area (Å²) in [5.74, 6) is -0.269. The Morgan fingerprint density at radius 1 is 1.22 bits per heavy atom. The highest BCUT2D eigenvalue weighted by molar-refractivity contribution is 7.99. The van der Waals surface area contributed by atoms with Crippen molar-refractivity contribution in [1.82, 2.24) is 25.5 Å². The maximum absolute atomic E-state index is 13.0. The van der Waals surface area contributed by atoms with E-state index < -0.39 is 0 Å². The lowest BCUT2D eigenvalue weighted by molar-refractivity contribution is -0.119. The number of aryl methyl sites for hydroxylation is 2. The zero-order chi connectivity index (χ0) is 19.4. The third-order valence-electron chi connectivity index (χ3n) is 4.10. The number of tetrazole rings is 1. The summed E-state index contributed by atoms with van der Waals surface area (Å²) in [5, 5.41) is 15.2. The number of hydrogen-bond donors (Lipinski definition) is 1. The van der Waals surface area contributed by atoms with Crippen LogP contribution in [-0.4, -0.2) is 31.9 Å². The van der Waals surface area contributed by atoms with Gasteiger partial charge in [-0.15, -0.1) is 5.10 Å². The number of thioether (sulfide) groups is 1.